The second-order valence-electron chi connectivity index (χ2n) is 3.64. The zero-order valence-electron chi connectivity index (χ0n) is 8.59. The zero-order chi connectivity index (χ0) is 11.8. The molecule has 0 bridgehead atoms. The summed E-state index contributed by atoms with van der Waals surface area (Å²) in [4.78, 5) is 12.8. The van der Waals surface area contributed by atoms with Gasteiger partial charge in [-0.1, -0.05) is 22.0 Å². The van der Waals surface area contributed by atoms with E-state index in [0.29, 0.717) is 0 Å². The molecule has 1 unspecified atom stereocenters. The number of allylic oxidation sites excluding steroid dienone is 1. The van der Waals surface area contributed by atoms with Crippen LogP contribution in [0.4, 0.5) is 0 Å². The fraction of sp³-hybridized carbons (Fsp3) is 0.182. The Kier molecular flexibility index (Phi) is 2.94. The van der Waals surface area contributed by atoms with Crippen LogP contribution in [0, 0.1) is 0 Å². The van der Waals surface area contributed by atoms with Crippen molar-refractivity contribution >= 4 is 50.9 Å². The van der Waals surface area contributed by atoms with Gasteiger partial charge in [0.2, 0.25) is 0 Å². The van der Waals surface area contributed by atoms with E-state index in [4.69, 9.17) is 0 Å². The van der Waals surface area contributed by atoms with E-state index in [1.807, 2.05) is 12.1 Å². The summed E-state index contributed by atoms with van der Waals surface area (Å²) < 4.78 is 8.67. The van der Waals surface area contributed by atoms with Crippen LogP contribution >= 0.6 is 39.0 Å². The normalized spacial score (nSPS) is 18.6. The largest absolute Gasteiger partial charge is 0.297 e. The van der Waals surface area contributed by atoms with Crippen LogP contribution < -0.4 is 0 Å². The highest BCUT2D eigenvalue weighted by atomic mass is 79.9. The number of alkyl halides is 1. The Morgan fingerprint density at radius 2 is 2.29 bits per heavy atom. The molecule has 0 saturated heterocycles. The van der Waals surface area contributed by atoms with Crippen molar-refractivity contribution in [2.45, 2.75) is 11.2 Å². The van der Waals surface area contributed by atoms with Crippen molar-refractivity contribution in [3.8, 4) is 0 Å². The van der Waals surface area contributed by atoms with Crippen molar-refractivity contribution in [3.05, 3.63) is 39.4 Å². The number of carbonyl (C=O) groups is 1. The lowest BCUT2D eigenvalue weighted by molar-refractivity contribution is 0.112. The molecule has 3 rings (SSSR count). The molecule has 1 aliphatic carbocycles. The smallest absolute Gasteiger partial charge is 0.160 e. The molecular weight excluding hydrogens is 320 g/mol. The summed E-state index contributed by atoms with van der Waals surface area (Å²) in [6.07, 6.45) is 3.94. The Labute approximate surface area is 115 Å². The lowest BCUT2D eigenvalue weighted by atomic mass is 9.99. The third-order valence-electron chi connectivity index (χ3n) is 2.60. The second kappa shape index (κ2) is 4.44. The van der Waals surface area contributed by atoms with E-state index in [9.17, 15) is 4.79 Å². The highest BCUT2D eigenvalue weighted by Crippen LogP contribution is 2.40. The number of halogens is 1. The molecular formula is C11H7BrN2OS2. The molecule has 0 N–H and O–H groups in total. The molecule has 17 heavy (non-hydrogen) atoms. The van der Waals surface area contributed by atoms with Gasteiger partial charge in [0.05, 0.1) is 27.1 Å². The molecule has 0 radical (unpaired) electrons. The number of hydrogen-bond donors (Lipinski definition) is 0. The van der Waals surface area contributed by atoms with Crippen molar-refractivity contribution < 1.29 is 4.79 Å². The molecule has 2 heterocycles. The van der Waals surface area contributed by atoms with Crippen molar-refractivity contribution in [1.29, 1.82) is 0 Å². The standard InChI is InChI=1S/C11H7BrN2OS2/c12-8-3-2-7(10-11(8)14-17-13-10)9-4-1-6(5-15)16-9/h1-2,4-5,8H,3H2. The zero-order valence-corrected chi connectivity index (χ0v) is 11.8. The lowest BCUT2D eigenvalue weighted by Gasteiger charge is -2.14. The Balaban J connectivity index is 2.08. The van der Waals surface area contributed by atoms with E-state index in [1.54, 1.807) is 0 Å². The monoisotopic (exact) mass is 326 g/mol. The summed E-state index contributed by atoms with van der Waals surface area (Å²) in [5.74, 6) is 0. The molecule has 2 aromatic heterocycles. The Morgan fingerprint density at radius 1 is 1.41 bits per heavy atom. The quantitative estimate of drug-likeness (QED) is 0.624. The van der Waals surface area contributed by atoms with E-state index in [2.05, 4.69) is 30.8 Å². The van der Waals surface area contributed by atoms with Crippen LogP contribution in [0.25, 0.3) is 5.57 Å². The van der Waals surface area contributed by atoms with Crippen LogP contribution in [0.2, 0.25) is 0 Å². The first-order valence-corrected chi connectivity index (χ1v) is 7.48. The average Bonchev–Trinajstić information content (AvgIpc) is 2.98. The molecule has 3 nitrogen and oxygen atoms in total. The van der Waals surface area contributed by atoms with Crippen molar-refractivity contribution in [1.82, 2.24) is 8.75 Å². The van der Waals surface area contributed by atoms with Gasteiger partial charge in [0, 0.05) is 10.5 Å². The maximum Gasteiger partial charge on any atom is 0.160 e. The minimum Gasteiger partial charge on any atom is -0.297 e. The Morgan fingerprint density at radius 3 is 3.06 bits per heavy atom. The topological polar surface area (TPSA) is 42.9 Å². The third kappa shape index (κ3) is 1.90. The molecule has 0 fully saturated rings. The number of carbonyl (C=O) groups excluding carboxylic acids is 1. The maximum atomic E-state index is 10.7. The predicted molar refractivity (Wildman–Crippen MR) is 73.0 cm³/mol. The molecule has 2 aromatic rings. The van der Waals surface area contributed by atoms with Gasteiger partial charge in [-0.15, -0.1) is 11.3 Å². The van der Waals surface area contributed by atoms with Crippen molar-refractivity contribution in [2.24, 2.45) is 0 Å². The van der Waals surface area contributed by atoms with Gasteiger partial charge in [-0.25, -0.2) is 0 Å². The van der Waals surface area contributed by atoms with Crippen LogP contribution in [0.5, 0.6) is 0 Å². The second-order valence-corrected chi connectivity index (χ2v) is 6.39. The molecule has 0 saturated carbocycles. The van der Waals surface area contributed by atoms with Gasteiger partial charge in [-0.05, 0) is 18.6 Å². The molecule has 86 valence electrons. The fourth-order valence-corrected chi connectivity index (χ4v) is 3.92. The fourth-order valence-electron chi connectivity index (χ4n) is 1.80. The summed E-state index contributed by atoms with van der Waals surface area (Å²) in [6.45, 7) is 0. The molecule has 0 spiro atoms. The molecule has 1 atom stereocenters. The highest BCUT2D eigenvalue weighted by Gasteiger charge is 2.25. The molecule has 6 heteroatoms. The van der Waals surface area contributed by atoms with Gasteiger partial charge in [0.1, 0.15) is 5.69 Å². The van der Waals surface area contributed by atoms with Gasteiger partial charge in [0.25, 0.3) is 0 Å². The Hall–Kier alpha value is -0.850. The van der Waals surface area contributed by atoms with Gasteiger partial charge < -0.3 is 0 Å². The van der Waals surface area contributed by atoms with E-state index in [1.165, 1.54) is 23.1 Å². The number of rotatable bonds is 2. The van der Waals surface area contributed by atoms with Gasteiger partial charge in [-0.3, -0.25) is 4.79 Å². The molecule has 0 aliphatic heterocycles. The van der Waals surface area contributed by atoms with Crippen molar-refractivity contribution in [3.63, 3.8) is 0 Å². The third-order valence-corrected chi connectivity index (χ3v) is 5.00. The van der Waals surface area contributed by atoms with E-state index in [-0.39, 0.29) is 4.83 Å². The minimum atomic E-state index is 0.255. The molecule has 1 aliphatic rings. The number of aromatic nitrogens is 2. The summed E-state index contributed by atoms with van der Waals surface area (Å²) in [6, 6.07) is 3.81. The predicted octanol–water partition coefficient (Wildman–Crippen LogP) is 3.68. The highest BCUT2D eigenvalue weighted by molar-refractivity contribution is 9.09. The average molecular weight is 327 g/mol. The van der Waals surface area contributed by atoms with Crippen molar-refractivity contribution in [2.75, 3.05) is 0 Å². The number of nitrogens with zero attached hydrogens (tertiary/aromatic N) is 2. The number of thiophene rings is 1. The van der Waals surface area contributed by atoms with Gasteiger partial charge in [-0.2, -0.15) is 8.75 Å². The summed E-state index contributed by atoms with van der Waals surface area (Å²) in [5.41, 5.74) is 3.05. The van der Waals surface area contributed by atoms with E-state index < -0.39 is 0 Å². The number of hydrogen-bond acceptors (Lipinski definition) is 5. The van der Waals surface area contributed by atoms with Crippen LogP contribution in [0.1, 0.15) is 37.2 Å². The van der Waals surface area contributed by atoms with E-state index in [0.717, 1.165) is 39.4 Å². The minimum absolute atomic E-state index is 0.255. The molecule has 0 aromatic carbocycles. The maximum absolute atomic E-state index is 10.7. The van der Waals surface area contributed by atoms with Gasteiger partial charge in [0.15, 0.2) is 6.29 Å². The van der Waals surface area contributed by atoms with Gasteiger partial charge >= 0.3 is 0 Å². The SMILES string of the molecule is O=Cc1ccc(C2=CCC(Br)c3nsnc32)s1. The lowest BCUT2D eigenvalue weighted by Crippen LogP contribution is -2.01. The molecule has 0 amide bonds. The van der Waals surface area contributed by atoms with Crippen LogP contribution in [-0.4, -0.2) is 15.0 Å². The Bertz CT molecular complexity index is 602. The number of fused-ring (bicyclic) bond motifs is 1. The summed E-state index contributed by atoms with van der Waals surface area (Å²) in [5, 5.41) is 0. The summed E-state index contributed by atoms with van der Waals surface area (Å²) >= 11 is 6.32. The van der Waals surface area contributed by atoms with Crippen LogP contribution in [0.15, 0.2) is 18.2 Å². The van der Waals surface area contributed by atoms with Crippen LogP contribution in [-0.2, 0) is 0 Å². The first kappa shape index (κ1) is 11.3. The number of aldehydes is 1. The first-order valence-electron chi connectivity index (χ1n) is 5.02. The van der Waals surface area contributed by atoms with Crippen LogP contribution in [0.3, 0.4) is 0 Å². The summed E-state index contributed by atoms with van der Waals surface area (Å²) in [7, 11) is 0. The first-order chi connectivity index (χ1) is 8.29. The van der Waals surface area contributed by atoms with E-state index >= 15 is 0 Å².